The molecule has 4 N–H and O–H groups in total. The highest BCUT2D eigenvalue weighted by Crippen LogP contribution is 2.14. The first kappa shape index (κ1) is 15.6. The van der Waals surface area contributed by atoms with Crippen molar-refractivity contribution in [1.82, 2.24) is 4.90 Å². The number of amides is 1. The second kappa shape index (κ2) is 7.89. The van der Waals surface area contributed by atoms with Crippen LogP contribution in [0.25, 0.3) is 0 Å². The first-order valence-corrected chi connectivity index (χ1v) is 6.47. The number of benzene rings is 1. The topological polar surface area (TPSA) is 78.6 Å². The molecule has 1 amide bonds. The number of para-hydroxylation sites is 1. The largest absolute Gasteiger partial charge is 0.395 e. The Kier molecular flexibility index (Phi) is 6.49. The van der Waals surface area contributed by atoms with Gasteiger partial charge in [0.15, 0.2) is 0 Å². The molecule has 1 unspecified atom stereocenters. The van der Waals surface area contributed by atoms with Gasteiger partial charge in [0.2, 0.25) is 5.91 Å². The highest BCUT2D eigenvalue weighted by molar-refractivity contribution is 5.91. The predicted molar refractivity (Wildman–Crippen MR) is 76.8 cm³/mol. The van der Waals surface area contributed by atoms with Gasteiger partial charge in [-0.15, -0.1) is 0 Å². The van der Waals surface area contributed by atoms with Crippen LogP contribution >= 0.6 is 0 Å². The lowest BCUT2D eigenvalue weighted by molar-refractivity contribution is -0.116. The molecule has 0 aliphatic heterocycles. The van der Waals surface area contributed by atoms with Crippen LogP contribution in [0, 0.1) is 0 Å². The van der Waals surface area contributed by atoms with Crippen LogP contribution in [0.1, 0.15) is 18.9 Å². The first-order valence-electron chi connectivity index (χ1n) is 6.47. The van der Waals surface area contributed by atoms with Crippen LogP contribution in [0.15, 0.2) is 24.3 Å². The van der Waals surface area contributed by atoms with Crippen LogP contribution in [0.5, 0.6) is 0 Å². The lowest BCUT2D eigenvalue weighted by Crippen LogP contribution is -2.34. The van der Waals surface area contributed by atoms with E-state index in [2.05, 4.69) is 5.32 Å². The molecule has 0 radical (unpaired) electrons. The summed E-state index contributed by atoms with van der Waals surface area (Å²) < 4.78 is 0. The van der Waals surface area contributed by atoms with Crippen molar-refractivity contribution < 1.29 is 9.90 Å². The zero-order valence-electron chi connectivity index (χ0n) is 11.6. The SMILES string of the molecule is CC(CO)N(C)CCC(=O)Nc1ccccc1CN. The van der Waals surface area contributed by atoms with Gasteiger partial charge in [-0.05, 0) is 25.6 Å². The summed E-state index contributed by atoms with van der Waals surface area (Å²) in [6, 6.07) is 7.57. The van der Waals surface area contributed by atoms with Crippen molar-refractivity contribution in [3.8, 4) is 0 Å². The number of nitrogens with two attached hydrogens (primary N) is 1. The number of hydrogen-bond donors (Lipinski definition) is 3. The van der Waals surface area contributed by atoms with Gasteiger partial charge in [0.05, 0.1) is 6.61 Å². The summed E-state index contributed by atoms with van der Waals surface area (Å²) in [5.41, 5.74) is 7.31. The Morgan fingerprint density at radius 2 is 2.16 bits per heavy atom. The van der Waals surface area contributed by atoms with Crippen LogP contribution < -0.4 is 11.1 Å². The number of hydrogen-bond acceptors (Lipinski definition) is 4. The van der Waals surface area contributed by atoms with E-state index < -0.39 is 0 Å². The van der Waals surface area contributed by atoms with Crippen molar-refractivity contribution in [2.75, 3.05) is 25.5 Å². The Balaban J connectivity index is 2.47. The average Bonchev–Trinajstić information content (AvgIpc) is 2.44. The summed E-state index contributed by atoms with van der Waals surface area (Å²) in [6.07, 6.45) is 0.389. The van der Waals surface area contributed by atoms with E-state index in [0.717, 1.165) is 11.3 Å². The predicted octanol–water partition coefficient (Wildman–Crippen LogP) is 0.787. The van der Waals surface area contributed by atoms with Crippen molar-refractivity contribution in [3.63, 3.8) is 0 Å². The minimum Gasteiger partial charge on any atom is -0.395 e. The molecule has 1 atom stereocenters. The number of aliphatic hydroxyl groups excluding tert-OH is 1. The summed E-state index contributed by atoms with van der Waals surface area (Å²) in [5.74, 6) is -0.0436. The average molecular weight is 265 g/mol. The molecule has 1 rings (SSSR count). The quantitative estimate of drug-likeness (QED) is 0.681. The number of rotatable bonds is 7. The Morgan fingerprint density at radius 1 is 1.47 bits per heavy atom. The molecule has 0 aliphatic carbocycles. The molecular weight excluding hydrogens is 242 g/mol. The summed E-state index contributed by atoms with van der Waals surface area (Å²) in [4.78, 5) is 13.8. The van der Waals surface area contributed by atoms with Crippen LogP contribution in [0.3, 0.4) is 0 Å². The summed E-state index contributed by atoms with van der Waals surface area (Å²) >= 11 is 0. The van der Waals surface area contributed by atoms with Crippen molar-refractivity contribution in [2.45, 2.75) is 25.9 Å². The van der Waals surface area contributed by atoms with Gasteiger partial charge in [-0.1, -0.05) is 18.2 Å². The minimum atomic E-state index is -0.0436. The number of carbonyl (C=O) groups excluding carboxylic acids is 1. The molecule has 5 heteroatoms. The molecule has 19 heavy (non-hydrogen) atoms. The number of nitrogens with zero attached hydrogens (tertiary/aromatic N) is 1. The van der Waals surface area contributed by atoms with E-state index in [0.29, 0.717) is 19.5 Å². The number of nitrogens with one attached hydrogen (secondary N) is 1. The molecule has 0 spiro atoms. The Hall–Kier alpha value is -1.43. The third-order valence-corrected chi connectivity index (χ3v) is 3.22. The Morgan fingerprint density at radius 3 is 2.79 bits per heavy atom. The van der Waals surface area contributed by atoms with Crippen molar-refractivity contribution in [3.05, 3.63) is 29.8 Å². The summed E-state index contributed by atoms with van der Waals surface area (Å²) in [5, 5.41) is 11.9. The molecule has 0 bridgehead atoms. The third kappa shape index (κ3) is 4.98. The van der Waals surface area contributed by atoms with Gasteiger partial charge in [-0.25, -0.2) is 0 Å². The summed E-state index contributed by atoms with van der Waals surface area (Å²) in [7, 11) is 1.89. The van der Waals surface area contributed by atoms with Gasteiger partial charge in [-0.2, -0.15) is 0 Å². The number of carbonyl (C=O) groups is 1. The number of anilines is 1. The molecule has 1 aromatic carbocycles. The molecule has 1 aromatic rings. The zero-order chi connectivity index (χ0) is 14.3. The fraction of sp³-hybridized carbons (Fsp3) is 0.500. The molecule has 5 nitrogen and oxygen atoms in total. The minimum absolute atomic E-state index is 0.0436. The lowest BCUT2D eigenvalue weighted by Gasteiger charge is -2.22. The van der Waals surface area contributed by atoms with Gasteiger partial charge in [0, 0.05) is 31.2 Å². The number of aliphatic hydroxyl groups is 1. The van der Waals surface area contributed by atoms with Gasteiger partial charge < -0.3 is 21.1 Å². The molecular formula is C14H23N3O2. The van der Waals surface area contributed by atoms with Gasteiger partial charge in [-0.3, -0.25) is 4.79 Å². The maximum Gasteiger partial charge on any atom is 0.225 e. The van der Waals surface area contributed by atoms with E-state index in [4.69, 9.17) is 10.8 Å². The van der Waals surface area contributed by atoms with E-state index in [1.54, 1.807) is 0 Å². The molecule has 0 saturated heterocycles. The monoisotopic (exact) mass is 265 g/mol. The lowest BCUT2D eigenvalue weighted by atomic mass is 10.1. The normalized spacial score (nSPS) is 12.5. The van der Waals surface area contributed by atoms with Gasteiger partial charge in [0.25, 0.3) is 0 Å². The molecule has 0 fully saturated rings. The maximum atomic E-state index is 11.9. The smallest absolute Gasteiger partial charge is 0.225 e. The molecule has 0 aliphatic rings. The fourth-order valence-electron chi connectivity index (χ4n) is 1.67. The van der Waals surface area contributed by atoms with Crippen LogP contribution in [-0.2, 0) is 11.3 Å². The van der Waals surface area contributed by atoms with E-state index >= 15 is 0 Å². The zero-order valence-corrected chi connectivity index (χ0v) is 11.6. The van der Waals surface area contributed by atoms with Gasteiger partial charge >= 0.3 is 0 Å². The van der Waals surface area contributed by atoms with Crippen LogP contribution in [0.2, 0.25) is 0 Å². The van der Waals surface area contributed by atoms with Crippen molar-refractivity contribution >= 4 is 11.6 Å². The second-order valence-electron chi connectivity index (χ2n) is 4.67. The van der Waals surface area contributed by atoms with Crippen molar-refractivity contribution in [2.24, 2.45) is 5.73 Å². The molecule has 0 heterocycles. The molecule has 0 aromatic heterocycles. The van der Waals surface area contributed by atoms with E-state index in [-0.39, 0.29) is 18.6 Å². The Bertz CT molecular complexity index is 409. The maximum absolute atomic E-state index is 11.9. The van der Waals surface area contributed by atoms with Crippen molar-refractivity contribution in [1.29, 1.82) is 0 Å². The van der Waals surface area contributed by atoms with Crippen LogP contribution in [0.4, 0.5) is 5.69 Å². The van der Waals surface area contributed by atoms with Gasteiger partial charge in [0.1, 0.15) is 0 Å². The molecule has 0 saturated carbocycles. The van der Waals surface area contributed by atoms with E-state index in [1.165, 1.54) is 0 Å². The highest BCUT2D eigenvalue weighted by Gasteiger charge is 2.10. The Labute approximate surface area is 114 Å². The standard InChI is InChI=1S/C14H23N3O2/c1-11(10-18)17(2)8-7-14(19)16-13-6-4-3-5-12(13)9-15/h3-6,11,18H,7-10,15H2,1-2H3,(H,16,19). The summed E-state index contributed by atoms with van der Waals surface area (Å²) in [6.45, 7) is 3.02. The first-order chi connectivity index (χ1) is 9.08. The molecule has 106 valence electrons. The van der Waals surface area contributed by atoms with E-state index in [9.17, 15) is 4.79 Å². The fourth-order valence-corrected chi connectivity index (χ4v) is 1.67. The van der Waals surface area contributed by atoms with Crippen LogP contribution in [-0.4, -0.2) is 42.2 Å². The number of likely N-dealkylation sites (N-methyl/N-ethyl adjacent to an activating group) is 1. The van der Waals surface area contributed by atoms with E-state index in [1.807, 2.05) is 43.1 Å². The highest BCUT2D eigenvalue weighted by atomic mass is 16.3. The second-order valence-corrected chi connectivity index (χ2v) is 4.67. The third-order valence-electron chi connectivity index (χ3n) is 3.22.